The lowest BCUT2D eigenvalue weighted by Crippen LogP contribution is -2.11. The number of aliphatic hydroxyl groups excluding tert-OH is 1. The summed E-state index contributed by atoms with van der Waals surface area (Å²) < 4.78 is 0. The van der Waals surface area contributed by atoms with E-state index in [0.717, 1.165) is 53.6 Å². The molecule has 0 radical (unpaired) electrons. The Bertz CT molecular complexity index is 1310. The number of ketones is 1. The summed E-state index contributed by atoms with van der Waals surface area (Å²) in [6.07, 6.45) is 6.66. The van der Waals surface area contributed by atoms with Crippen LogP contribution in [0.15, 0.2) is 97.2 Å². The van der Waals surface area contributed by atoms with Gasteiger partial charge in [0.1, 0.15) is 5.78 Å². The second-order valence-electron chi connectivity index (χ2n) is 10.1. The zero-order chi connectivity index (χ0) is 25.0. The highest BCUT2D eigenvalue weighted by atomic mass is 16.3. The third kappa shape index (κ3) is 5.47. The van der Waals surface area contributed by atoms with Crippen LogP contribution in [-0.2, 0) is 16.6 Å². The molecule has 1 aromatic heterocycles. The van der Waals surface area contributed by atoms with Crippen molar-refractivity contribution >= 4 is 5.78 Å². The summed E-state index contributed by atoms with van der Waals surface area (Å²) in [6, 6.07) is 31.4. The lowest BCUT2D eigenvalue weighted by atomic mass is 9.89. The van der Waals surface area contributed by atoms with Crippen molar-refractivity contribution in [3.63, 3.8) is 0 Å². The van der Waals surface area contributed by atoms with Crippen LogP contribution in [0.3, 0.4) is 0 Å². The van der Waals surface area contributed by atoms with E-state index >= 15 is 0 Å². The minimum atomic E-state index is -0.547. The first-order chi connectivity index (χ1) is 17.5. The van der Waals surface area contributed by atoms with Gasteiger partial charge in [-0.2, -0.15) is 0 Å². The Kier molecular flexibility index (Phi) is 7.11. The van der Waals surface area contributed by atoms with Crippen LogP contribution in [0, 0.1) is 0 Å². The maximum absolute atomic E-state index is 11.7. The molecule has 1 aliphatic rings. The van der Waals surface area contributed by atoms with Gasteiger partial charge in [-0.05, 0) is 67.3 Å². The van der Waals surface area contributed by atoms with E-state index in [1.165, 1.54) is 11.1 Å². The molecule has 0 bridgehead atoms. The molecule has 0 aliphatic heterocycles. The van der Waals surface area contributed by atoms with E-state index < -0.39 is 6.10 Å². The number of Topliss-reactive ketones (excluding diaryl/α,β-unsaturated/α-hetero) is 1. The third-order valence-corrected chi connectivity index (χ3v) is 7.41. The number of hydrogen-bond acceptors (Lipinski definition) is 3. The molecule has 182 valence electrons. The van der Waals surface area contributed by atoms with Gasteiger partial charge in [0, 0.05) is 29.2 Å². The van der Waals surface area contributed by atoms with E-state index in [1.54, 1.807) is 13.1 Å². The highest BCUT2D eigenvalue weighted by molar-refractivity contribution is 5.78. The molecule has 0 saturated heterocycles. The highest BCUT2D eigenvalue weighted by Gasteiger charge is 2.44. The molecule has 1 heterocycles. The van der Waals surface area contributed by atoms with Crippen LogP contribution in [0.4, 0.5) is 0 Å². The van der Waals surface area contributed by atoms with Gasteiger partial charge in [0.25, 0.3) is 0 Å². The van der Waals surface area contributed by atoms with Crippen molar-refractivity contribution in [2.75, 3.05) is 0 Å². The van der Waals surface area contributed by atoms with Crippen molar-refractivity contribution in [1.29, 1.82) is 0 Å². The fourth-order valence-electron chi connectivity index (χ4n) is 5.26. The second kappa shape index (κ2) is 10.6. The summed E-state index contributed by atoms with van der Waals surface area (Å²) >= 11 is 0. The second-order valence-corrected chi connectivity index (χ2v) is 10.1. The number of aromatic nitrogens is 1. The first-order valence-corrected chi connectivity index (χ1v) is 12.9. The Hall–Kier alpha value is -3.56. The van der Waals surface area contributed by atoms with Gasteiger partial charge in [0.05, 0.1) is 11.8 Å². The molecule has 5 rings (SSSR count). The van der Waals surface area contributed by atoms with Crippen LogP contribution >= 0.6 is 0 Å². The Balaban J connectivity index is 1.28. The number of carbonyl (C=O) groups excluding carboxylic acids is 1. The van der Waals surface area contributed by atoms with Crippen molar-refractivity contribution in [3.8, 4) is 22.4 Å². The van der Waals surface area contributed by atoms with E-state index in [1.807, 2.05) is 18.2 Å². The molecule has 4 aromatic rings. The highest BCUT2D eigenvalue weighted by Crippen LogP contribution is 2.51. The molecule has 1 unspecified atom stereocenters. The molecule has 3 aromatic carbocycles. The monoisotopic (exact) mass is 475 g/mol. The van der Waals surface area contributed by atoms with Crippen molar-refractivity contribution < 1.29 is 9.90 Å². The molecule has 0 amide bonds. The van der Waals surface area contributed by atoms with Crippen LogP contribution in [0.2, 0.25) is 0 Å². The van der Waals surface area contributed by atoms with Crippen molar-refractivity contribution in [2.45, 2.75) is 57.0 Å². The van der Waals surface area contributed by atoms with Gasteiger partial charge in [-0.1, -0.05) is 84.9 Å². The maximum atomic E-state index is 11.7. The predicted molar refractivity (Wildman–Crippen MR) is 146 cm³/mol. The van der Waals surface area contributed by atoms with Crippen molar-refractivity contribution in [1.82, 2.24) is 4.98 Å². The third-order valence-electron chi connectivity index (χ3n) is 7.41. The zero-order valence-electron chi connectivity index (χ0n) is 20.9. The average molecular weight is 476 g/mol. The molecule has 1 N–H and O–H groups in total. The van der Waals surface area contributed by atoms with Crippen LogP contribution < -0.4 is 0 Å². The van der Waals surface area contributed by atoms with Gasteiger partial charge in [0.2, 0.25) is 0 Å². The van der Waals surface area contributed by atoms with Crippen LogP contribution in [0.5, 0.6) is 0 Å². The minimum absolute atomic E-state index is 0.0749. The predicted octanol–water partition coefficient (Wildman–Crippen LogP) is 7.48. The zero-order valence-corrected chi connectivity index (χ0v) is 20.9. The van der Waals surface area contributed by atoms with E-state index in [-0.39, 0.29) is 11.2 Å². The van der Waals surface area contributed by atoms with E-state index in [0.29, 0.717) is 12.8 Å². The number of aryl methyl sites for hydroxylation is 1. The standard InChI is InChI=1S/C33H33NO2/c1-24(35)23-33(20-21-33)29-18-16-27(17-19-29)26-12-14-28(15-13-26)32-30(10-6-22-34-32)31(36)11-5-9-25-7-3-2-4-8-25/h2-4,6-8,10,12-19,22,31,36H,5,9,11,20-21,23H2,1H3. The Morgan fingerprint density at radius 3 is 2.14 bits per heavy atom. The quantitative estimate of drug-likeness (QED) is 0.259. The molecule has 3 nitrogen and oxygen atoms in total. The van der Waals surface area contributed by atoms with Gasteiger partial charge in [-0.25, -0.2) is 0 Å². The molecule has 36 heavy (non-hydrogen) atoms. The number of hydrogen-bond donors (Lipinski definition) is 1. The fourth-order valence-corrected chi connectivity index (χ4v) is 5.26. The first-order valence-electron chi connectivity index (χ1n) is 12.9. The first kappa shape index (κ1) is 24.1. The van der Waals surface area contributed by atoms with Gasteiger partial charge in [-0.3, -0.25) is 9.78 Å². The summed E-state index contributed by atoms with van der Waals surface area (Å²) in [7, 11) is 0. The normalized spacial score (nSPS) is 14.8. The van der Waals surface area contributed by atoms with Crippen LogP contribution in [-0.4, -0.2) is 15.9 Å². The SMILES string of the molecule is CC(=O)CC1(c2ccc(-c3ccc(-c4ncccc4C(O)CCCc4ccccc4)cc3)cc2)CC1. The summed E-state index contributed by atoms with van der Waals surface area (Å²) in [5, 5.41) is 11.0. The molecule has 1 atom stereocenters. The molecular weight excluding hydrogens is 442 g/mol. The minimum Gasteiger partial charge on any atom is -0.388 e. The molecular formula is C33H33NO2. The fraction of sp³-hybridized carbons (Fsp3) is 0.273. The molecule has 1 aliphatic carbocycles. The lowest BCUT2D eigenvalue weighted by Gasteiger charge is -2.16. The number of benzene rings is 3. The average Bonchev–Trinajstić information content (AvgIpc) is 3.69. The molecule has 1 fully saturated rings. The summed E-state index contributed by atoms with van der Waals surface area (Å²) in [4.78, 5) is 16.3. The van der Waals surface area contributed by atoms with Gasteiger partial charge >= 0.3 is 0 Å². The number of nitrogens with zero attached hydrogens (tertiary/aromatic N) is 1. The van der Waals surface area contributed by atoms with Gasteiger partial charge < -0.3 is 5.11 Å². The number of rotatable bonds is 10. The van der Waals surface area contributed by atoms with E-state index in [4.69, 9.17) is 0 Å². The maximum Gasteiger partial charge on any atom is 0.130 e. The largest absolute Gasteiger partial charge is 0.388 e. The van der Waals surface area contributed by atoms with Crippen LogP contribution in [0.25, 0.3) is 22.4 Å². The summed E-state index contributed by atoms with van der Waals surface area (Å²) in [5.74, 6) is 0.266. The summed E-state index contributed by atoms with van der Waals surface area (Å²) in [5.41, 5.74) is 7.67. The Morgan fingerprint density at radius 1 is 0.861 bits per heavy atom. The number of carbonyl (C=O) groups is 1. The van der Waals surface area contributed by atoms with Gasteiger partial charge in [-0.15, -0.1) is 0 Å². The molecule has 1 saturated carbocycles. The van der Waals surface area contributed by atoms with Crippen molar-refractivity contribution in [3.05, 3.63) is 114 Å². The van der Waals surface area contributed by atoms with E-state index in [2.05, 4.69) is 77.8 Å². The summed E-state index contributed by atoms with van der Waals surface area (Å²) in [6.45, 7) is 1.69. The lowest BCUT2D eigenvalue weighted by molar-refractivity contribution is -0.117. The smallest absolute Gasteiger partial charge is 0.130 e. The van der Waals surface area contributed by atoms with E-state index in [9.17, 15) is 9.90 Å². The number of aliphatic hydroxyl groups is 1. The molecule has 3 heteroatoms. The van der Waals surface area contributed by atoms with Crippen molar-refractivity contribution in [2.24, 2.45) is 0 Å². The Morgan fingerprint density at radius 2 is 1.50 bits per heavy atom. The van der Waals surface area contributed by atoms with Crippen LogP contribution in [0.1, 0.15) is 61.8 Å². The number of pyridine rings is 1. The Labute approximate surface area is 213 Å². The van der Waals surface area contributed by atoms with Gasteiger partial charge in [0.15, 0.2) is 0 Å². The topological polar surface area (TPSA) is 50.2 Å². The molecule has 0 spiro atoms.